The van der Waals surface area contributed by atoms with Crippen molar-refractivity contribution < 1.29 is 4.79 Å². The van der Waals surface area contributed by atoms with Crippen LogP contribution in [0.1, 0.15) is 84.5 Å². The molecule has 0 bridgehead atoms. The van der Waals surface area contributed by atoms with Crippen molar-refractivity contribution >= 4 is 5.91 Å². The van der Waals surface area contributed by atoms with Crippen LogP contribution < -0.4 is 5.73 Å². The minimum atomic E-state index is -0.155. The third-order valence-corrected chi connectivity index (χ3v) is 4.18. The molecule has 0 aromatic carbocycles. The molecule has 2 N–H and O–H groups in total. The highest BCUT2D eigenvalue weighted by Crippen LogP contribution is 2.13. The number of amides is 1. The van der Waals surface area contributed by atoms with E-state index in [2.05, 4.69) is 62.5 Å². The molecule has 0 heterocycles. The van der Waals surface area contributed by atoms with Crippen molar-refractivity contribution in [3.05, 3.63) is 48.6 Å². The van der Waals surface area contributed by atoms with E-state index >= 15 is 0 Å². The number of carbonyl (C=O) groups excluding carboxylic acids is 1. The van der Waals surface area contributed by atoms with Crippen LogP contribution in [0.3, 0.4) is 0 Å². The number of carbonyl (C=O) groups is 1. The summed E-state index contributed by atoms with van der Waals surface area (Å²) in [5.74, 6) is -0.117. The Morgan fingerprint density at radius 1 is 0.720 bits per heavy atom. The van der Waals surface area contributed by atoms with Gasteiger partial charge in [-0.25, -0.2) is 0 Å². The zero-order chi connectivity index (χ0) is 18.6. The Labute approximate surface area is 156 Å². The van der Waals surface area contributed by atoms with Crippen molar-refractivity contribution in [2.45, 2.75) is 84.5 Å². The molecule has 0 aliphatic heterocycles. The quantitative estimate of drug-likeness (QED) is 0.247. The van der Waals surface area contributed by atoms with Crippen molar-refractivity contribution in [3.8, 4) is 0 Å². The number of allylic oxidation sites excluding steroid dienone is 8. The smallest absolute Gasteiger partial charge is 0.220 e. The van der Waals surface area contributed by atoms with E-state index in [0.29, 0.717) is 0 Å². The maximum absolute atomic E-state index is 11.3. The van der Waals surface area contributed by atoms with Gasteiger partial charge in [-0.15, -0.1) is 0 Å². The summed E-state index contributed by atoms with van der Waals surface area (Å²) < 4.78 is 0. The van der Waals surface area contributed by atoms with E-state index in [1.54, 1.807) is 0 Å². The van der Waals surface area contributed by atoms with Crippen LogP contribution in [-0.2, 0) is 4.79 Å². The molecule has 0 aromatic rings. The van der Waals surface area contributed by atoms with Crippen molar-refractivity contribution in [2.24, 2.45) is 11.7 Å². The summed E-state index contributed by atoms with van der Waals surface area (Å²) >= 11 is 0. The van der Waals surface area contributed by atoms with Crippen molar-refractivity contribution in [3.63, 3.8) is 0 Å². The van der Waals surface area contributed by atoms with Gasteiger partial charge in [0.05, 0.1) is 0 Å². The van der Waals surface area contributed by atoms with Gasteiger partial charge in [-0.2, -0.15) is 0 Å². The van der Waals surface area contributed by atoms with Crippen LogP contribution in [0.15, 0.2) is 48.6 Å². The molecule has 0 saturated heterocycles. The summed E-state index contributed by atoms with van der Waals surface area (Å²) in [6.07, 6.45) is 29.6. The van der Waals surface area contributed by atoms with Gasteiger partial charge in [-0.05, 0) is 51.4 Å². The molecule has 0 saturated carbocycles. The molecule has 0 spiro atoms. The Balaban J connectivity index is 3.62. The fourth-order valence-electron chi connectivity index (χ4n) is 2.64. The number of primary amides is 1. The normalized spacial score (nSPS) is 13.7. The number of unbranched alkanes of at least 4 members (excludes halogenated alkanes) is 3. The molecule has 1 atom stereocenters. The average Bonchev–Trinajstić information content (AvgIpc) is 2.60. The van der Waals surface area contributed by atoms with Gasteiger partial charge in [0, 0.05) is 5.92 Å². The number of rotatable bonds is 16. The van der Waals surface area contributed by atoms with Crippen LogP contribution >= 0.6 is 0 Å². The third kappa shape index (κ3) is 17.1. The molecular weight excluding hydrogens is 306 g/mol. The summed E-state index contributed by atoms with van der Waals surface area (Å²) in [4.78, 5) is 11.3. The Morgan fingerprint density at radius 2 is 1.24 bits per heavy atom. The topological polar surface area (TPSA) is 43.1 Å². The predicted molar refractivity (Wildman–Crippen MR) is 111 cm³/mol. The predicted octanol–water partition coefficient (Wildman–Crippen LogP) is 6.64. The van der Waals surface area contributed by atoms with Gasteiger partial charge >= 0.3 is 0 Å². The molecule has 0 aromatic heterocycles. The van der Waals surface area contributed by atoms with E-state index in [9.17, 15) is 4.79 Å². The molecule has 0 fully saturated rings. The van der Waals surface area contributed by atoms with Gasteiger partial charge in [0.2, 0.25) is 5.91 Å². The van der Waals surface area contributed by atoms with E-state index in [-0.39, 0.29) is 11.8 Å². The molecule has 1 amide bonds. The summed E-state index contributed by atoms with van der Waals surface area (Å²) in [6, 6.07) is 0. The second kappa shape index (κ2) is 18.8. The van der Waals surface area contributed by atoms with Crippen molar-refractivity contribution in [1.29, 1.82) is 0 Å². The van der Waals surface area contributed by atoms with Gasteiger partial charge in [-0.3, -0.25) is 4.79 Å². The van der Waals surface area contributed by atoms with Crippen LogP contribution in [0.4, 0.5) is 0 Å². The highest BCUT2D eigenvalue weighted by molar-refractivity contribution is 5.76. The molecule has 0 aliphatic rings. The van der Waals surface area contributed by atoms with Crippen LogP contribution in [0.25, 0.3) is 0 Å². The monoisotopic (exact) mass is 345 g/mol. The molecular formula is C23H39NO. The lowest BCUT2D eigenvalue weighted by Gasteiger charge is -2.09. The van der Waals surface area contributed by atoms with E-state index in [1.165, 1.54) is 25.7 Å². The SMILES string of the molecule is CCCCCC=CCC=CCC=CCC=CCCC(CCC)C(N)=O. The van der Waals surface area contributed by atoms with Crippen LogP contribution in [0, 0.1) is 5.92 Å². The number of hydrogen-bond donors (Lipinski definition) is 1. The Morgan fingerprint density at radius 3 is 1.72 bits per heavy atom. The molecule has 25 heavy (non-hydrogen) atoms. The summed E-state index contributed by atoms with van der Waals surface area (Å²) in [6.45, 7) is 4.33. The van der Waals surface area contributed by atoms with Crippen LogP contribution in [0.2, 0.25) is 0 Å². The Hall–Kier alpha value is -1.57. The van der Waals surface area contributed by atoms with Gasteiger partial charge in [0.25, 0.3) is 0 Å². The fourth-order valence-corrected chi connectivity index (χ4v) is 2.64. The molecule has 2 nitrogen and oxygen atoms in total. The first-order chi connectivity index (χ1) is 12.2. The maximum atomic E-state index is 11.3. The van der Waals surface area contributed by atoms with E-state index in [1.807, 2.05) is 0 Å². The largest absolute Gasteiger partial charge is 0.369 e. The van der Waals surface area contributed by atoms with E-state index < -0.39 is 0 Å². The third-order valence-electron chi connectivity index (χ3n) is 4.18. The lowest BCUT2D eigenvalue weighted by Crippen LogP contribution is -2.22. The molecule has 0 radical (unpaired) electrons. The first-order valence-corrected chi connectivity index (χ1v) is 10.1. The summed E-state index contributed by atoms with van der Waals surface area (Å²) in [7, 11) is 0. The van der Waals surface area contributed by atoms with Crippen molar-refractivity contribution in [2.75, 3.05) is 0 Å². The second-order valence-electron chi connectivity index (χ2n) is 6.55. The Bertz CT molecular complexity index is 418. The minimum absolute atomic E-state index is 0.0380. The molecule has 2 heteroatoms. The maximum Gasteiger partial charge on any atom is 0.220 e. The number of nitrogens with two attached hydrogens (primary N) is 1. The highest BCUT2D eigenvalue weighted by atomic mass is 16.1. The Kier molecular flexibility index (Phi) is 17.6. The lowest BCUT2D eigenvalue weighted by molar-refractivity contribution is -0.122. The first kappa shape index (κ1) is 23.4. The van der Waals surface area contributed by atoms with E-state index in [4.69, 9.17) is 5.73 Å². The molecule has 0 aliphatic carbocycles. The zero-order valence-corrected chi connectivity index (χ0v) is 16.5. The average molecular weight is 346 g/mol. The van der Waals surface area contributed by atoms with Crippen molar-refractivity contribution in [1.82, 2.24) is 0 Å². The standard InChI is InChI=1S/C23H39NO/c1-3-5-6-7-8-9-10-11-12-13-14-15-16-17-18-19-21-22(20-4-2)23(24)25/h8-9,11-12,14-15,17-18,22H,3-7,10,13,16,19-21H2,1-2H3,(H2,24,25). The molecule has 1 unspecified atom stereocenters. The molecule has 0 rings (SSSR count). The minimum Gasteiger partial charge on any atom is -0.369 e. The van der Waals surface area contributed by atoms with Gasteiger partial charge in [-0.1, -0.05) is 81.7 Å². The lowest BCUT2D eigenvalue weighted by atomic mass is 9.97. The zero-order valence-electron chi connectivity index (χ0n) is 16.5. The fraction of sp³-hybridized carbons (Fsp3) is 0.609. The summed E-state index contributed by atoms with van der Waals surface area (Å²) in [5.41, 5.74) is 5.40. The second-order valence-corrected chi connectivity index (χ2v) is 6.55. The van der Waals surface area contributed by atoms with Gasteiger partial charge in [0.15, 0.2) is 0 Å². The van der Waals surface area contributed by atoms with Gasteiger partial charge < -0.3 is 5.73 Å². The first-order valence-electron chi connectivity index (χ1n) is 10.1. The highest BCUT2D eigenvalue weighted by Gasteiger charge is 2.12. The van der Waals surface area contributed by atoms with Gasteiger partial charge in [0.1, 0.15) is 0 Å². The number of hydrogen-bond acceptors (Lipinski definition) is 1. The molecule has 142 valence electrons. The summed E-state index contributed by atoms with van der Waals surface area (Å²) in [5, 5.41) is 0. The van der Waals surface area contributed by atoms with Crippen LogP contribution in [-0.4, -0.2) is 5.91 Å². The van der Waals surface area contributed by atoms with E-state index in [0.717, 1.165) is 44.9 Å². The van der Waals surface area contributed by atoms with Crippen LogP contribution in [0.5, 0.6) is 0 Å².